The minimum atomic E-state index is -1.14. The third-order valence-electron chi connectivity index (χ3n) is 5.44. The van der Waals surface area contributed by atoms with Gasteiger partial charge in [0, 0.05) is 36.1 Å². The van der Waals surface area contributed by atoms with Crippen LogP contribution in [0.4, 0.5) is 11.4 Å². The highest BCUT2D eigenvalue weighted by molar-refractivity contribution is 7.18. The topological polar surface area (TPSA) is 61.4 Å². The molecule has 1 aliphatic heterocycles. The molecule has 1 aromatic heterocycles. The van der Waals surface area contributed by atoms with Gasteiger partial charge in [0.25, 0.3) is 5.91 Å². The summed E-state index contributed by atoms with van der Waals surface area (Å²) in [5.74, 6) is -0.481. The van der Waals surface area contributed by atoms with E-state index in [1.54, 1.807) is 6.07 Å². The van der Waals surface area contributed by atoms with Crippen molar-refractivity contribution in [3.8, 4) is 21.1 Å². The number of likely N-dealkylation sites (N-methyl/N-ethyl adjacent to an activating group) is 1. The summed E-state index contributed by atoms with van der Waals surface area (Å²) in [5, 5.41) is 13.6. The van der Waals surface area contributed by atoms with E-state index >= 15 is 0 Å². The van der Waals surface area contributed by atoms with Gasteiger partial charge in [0.2, 0.25) is 0 Å². The number of alkyl halides is 2. The molecule has 0 bridgehead atoms. The number of carbonyl (C=O) groups excluding carboxylic acids is 1. The van der Waals surface area contributed by atoms with Crippen molar-refractivity contribution in [1.29, 1.82) is 0 Å². The van der Waals surface area contributed by atoms with Gasteiger partial charge in [0.05, 0.1) is 10.6 Å². The van der Waals surface area contributed by atoms with E-state index in [4.69, 9.17) is 34.8 Å². The zero-order valence-electron chi connectivity index (χ0n) is 17.6. The summed E-state index contributed by atoms with van der Waals surface area (Å²) < 4.78 is 0. The van der Waals surface area contributed by atoms with Crippen molar-refractivity contribution < 1.29 is 4.79 Å². The molecule has 1 fully saturated rings. The minimum Gasteiger partial charge on any atom is -0.369 e. The molecule has 2 aromatic carbocycles. The van der Waals surface area contributed by atoms with E-state index in [9.17, 15) is 4.79 Å². The Kier molecular flexibility index (Phi) is 7.22. The smallest absolute Gasteiger partial charge is 0.257 e. The van der Waals surface area contributed by atoms with Crippen LogP contribution in [0.5, 0.6) is 0 Å². The number of amides is 1. The van der Waals surface area contributed by atoms with Crippen LogP contribution in [0, 0.1) is 0 Å². The molecule has 0 radical (unpaired) electrons. The monoisotopic (exact) mass is 509 g/mol. The zero-order chi connectivity index (χ0) is 22.8. The zero-order valence-corrected chi connectivity index (χ0v) is 20.6. The summed E-state index contributed by atoms with van der Waals surface area (Å²) in [7, 11) is 4.22. The molecule has 1 amide bonds. The van der Waals surface area contributed by atoms with E-state index in [2.05, 4.69) is 45.5 Å². The van der Waals surface area contributed by atoms with Crippen molar-refractivity contribution in [3.05, 3.63) is 47.5 Å². The first-order valence-corrected chi connectivity index (χ1v) is 12.1. The number of halogens is 3. The molecule has 0 spiro atoms. The Morgan fingerprint density at radius 3 is 2.66 bits per heavy atom. The second kappa shape index (κ2) is 9.93. The molecule has 2 heterocycles. The summed E-state index contributed by atoms with van der Waals surface area (Å²) in [5.41, 5.74) is 3.38. The fraction of sp³-hybridized carbons (Fsp3) is 0.318. The fourth-order valence-electron chi connectivity index (χ4n) is 3.74. The van der Waals surface area contributed by atoms with Crippen molar-refractivity contribution in [2.45, 2.75) is 17.3 Å². The second-order valence-electron chi connectivity index (χ2n) is 7.77. The minimum absolute atomic E-state index is 0.481. The van der Waals surface area contributed by atoms with Crippen molar-refractivity contribution >= 4 is 63.4 Å². The number of nitrogens with zero attached hydrogens (tertiary/aromatic N) is 4. The average Bonchev–Trinajstić information content (AvgIpc) is 3.44. The van der Waals surface area contributed by atoms with Crippen molar-refractivity contribution in [2.75, 3.05) is 37.4 Å². The van der Waals surface area contributed by atoms with Gasteiger partial charge in [-0.15, -0.1) is 10.2 Å². The first-order valence-electron chi connectivity index (χ1n) is 10.1. The van der Waals surface area contributed by atoms with Crippen LogP contribution in [0.25, 0.3) is 21.1 Å². The van der Waals surface area contributed by atoms with Gasteiger partial charge in [0.1, 0.15) is 5.01 Å². The van der Waals surface area contributed by atoms with Crippen molar-refractivity contribution in [1.82, 2.24) is 15.1 Å². The third-order valence-corrected chi connectivity index (χ3v) is 7.14. The van der Waals surface area contributed by atoms with Gasteiger partial charge in [-0.3, -0.25) is 4.79 Å². The molecule has 168 valence electrons. The Morgan fingerprint density at radius 1 is 1.19 bits per heavy atom. The summed E-state index contributed by atoms with van der Waals surface area (Å²) in [6, 6.07) is 13.8. The number of nitrogens with one attached hydrogen (secondary N) is 1. The molecule has 6 nitrogen and oxygen atoms in total. The van der Waals surface area contributed by atoms with Gasteiger partial charge in [-0.2, -0.15) is 0 Å². The summed E-state index contributed by atoms with van der Waals surface area (Å²) >= 11 is 19.4. The molecule has 32 heavy (non-hydrogen) atoms. The number of hydrogen-bond donors (Lipinski definition) is 1. The highest BCUT2D eigenvalue weighted by Gasteiger charge is 2.27. The van der Waals surface area contributed by atoms with Crippen LogP contribution in [-0.4, -0.2) is 59.1 Å². The molecule has 1 unspecified atom stereocenters. The molecule has 1 N–H and O–H groups in total. The molecule has 1 aliphatic rings. The average molecular weight is 511 g/mol. The van der Waals surface area contributed by atoms with E-state index < -0.39 is 10.7 Å². The largest absolute Gasteiger partial charge is 0.369 e. The molecule has 1 atom stereocenters. The van der Waals surface area contributed by atoms with Gasteiger partial charge >= 0.3 is 0 Å². The number of anilines is 2. The van der Waals surface area contributed by atoms with Gasteiger partial charge in [0.15, 0.2) is 9.84 Å². The Bertz CT molecular complexity index is 1120. The van der Waals surface area contributed by atoms with Crippen LogP contribution in [-0.2, 0) is 4.79 Å². The number of rotatable bonds is 6. The van der Waals surface area contributed by atoms with E-state index in [1.165, 1.54) is 11.3 Å². The lowest BCUT2D eigenvalue weighted by Crippen LogP contribution is -2.31. The van der Waals surface area contributed by atoms with E-state index in [0.717, 1.165) is 46.3 Å². The SMILES string of the molecule is CN(C)C1CCN(c2cccc(Cl)c2-c2nnc(-c3cccc(NC(=O)C(Cl)Cl)c3)s2)C1. The summed E-state index contributed by atoms with van der Waals surface area (Å²) in [4.78, 5) is 15.3. The molecule has 1 saturated heterocycles. The third kappa shape index (κ3) is 5.02. The Balaban J connectivity index is 1.63. The number of benzene rings is 2. The van der Waals surface area contributed by atoms with Gasteiger partial charge in [-0.1, -0.05) is 64.3 Å². The van der Waals surface area contributed by atoms with Crippen LogP contribution in [0.3, 0.4) is 0 Å². The predicted molar refractivity (Wildman–Crippen MR) is 134 cm³/mol. The van der Waals surface area contributed by atoms with Gasteiger partial charge < -0.3 is 15.1 Å². The molecule has 4 rings (SSSR count). The van der Waals surface area contributed by atoms with Crippen LogP contribution in [0.2, 0.25) is 5.02 Å². The Hall–Kier alpha value is -1.90. The maximum Gasteiger partial charge on any atom is 0.257 e. The second-order valence-corrected chi connectivity index (χ2v) is 10.3. The fourth-order valence-corrected chi connectivity index (χ4v) is 5.07. The highest BCUT2D eigenvalue weighted by atomic mass is 35.5. The molecule has 0 saturated carbocycles. The normalized spacial score (nSPS) is 16.2. The first-order chi connectivity index (χ1) is 15.3. The standard InChI is InChI=1S/C22H22Cl3N5OS/c1-29(2)15-9-10-30(12-15)17-8-4-7-16(23)18(17)22-28-27-21(32-22)13-5-3-6-14(11-13)26-20(31)19(24)25/h3-8,11,15,19H,9-10,12H2,1-2H3,(H,26,31). The van der Waals surface area contributed by atoms with Crippen LogP contribution >= 0.6 is 46.1 Å². The Morgan fingerprint density at radius 2 is 1.94 bits per heavy atom. The van der Waals surface area contributed by atoms with E-state index in [-0.39, 0.29) is 0 Å². The van der Waals surface area contributed by atoms with Gasteiger partial charge in [-0.25, -0.2) is 0 Å². The molecule has 10 heteroatoms. The van der Waals surface area contributed by atoms with Crippen LogP contribution in [0.1, 0.15) is 6.42 Å². The van der Waals surface area contributed by atoms with Crippen molar-refractivity contribution in [3.63, 3.8) is 0 Å². The van der Waals surface area contributed by atoms with E-state index in [1.807, 2.05) is 30.3 Å². The van der Waals surface area contributed by atoms with Crippen molar-refractivity contribution in [2.24, 2.45) is 0 Å². The lowest BCUT2D eigenvalue weighted by atomic mass is 10.1. The molecular weight excluding hydrogens is 489 g/mol. The summed E-state index contributed by atoms with van der Waals surface area (Å²) in [6.45, 7) is 1.90. The maximum atomic E-state index is 11.8. The number of carbonyl (C=O) groups is 1. The van der Waals surface area contributed by atoms with Crippen LogP contribution in [0.15, 0.2) is 42.5 Å². The Labute approximate surface area is 206 Å². The van der Waals surface area contributed by atoms with Gasteiger partial charge in [-0.05, 0) is 44.8 Å². The number of aromatic nitrogens is 2. The first kappa shape index (κ1) is 23.3. The molecule has 3 aromatic rings. The molecule has 0 aliphatic carbocycles. The number of hydrogen-bond acceptors (Lipinski definition) is 6. The predicted octanol–water partition coefficient (Wildman–Crippen LogP) is 5.41. The lowest BCUT2D eigenvalue weighted by molar-refractivity contribution is -0.114. The van der Waals surface area contributed by atoms with Crippen LogP contribution < -0.4 is 10.2 Å². The summed E-state index contributed by atoms with van der Waals surface area (Å²) in [6.07, 6.45) is 1.10. The lowest BCUT2D eigenvalue weighted by Gasteiger charge is -2.24. The van der Waals surface area contributed by atoms with E-state index in [0.29, 0.717) is 16.8 Å². The maximum absolute atomic E-state index is 11.8. The highest BCUT2D eigenvalue weighted by Crippen LogP contribution is 2.41. The quantitative estimate of drug-likeness (QED) is 0.449. The molecular formula is C22H22Cl3N5OS.